The lowest BCUT2D eigenvalue weighted by Gasteiger charge is -2.09. The Balaban J connectivity index is 2.60. The van der Waals surface area contributed by atoms with Crippen LogP contribution in [0.15, 0.2) is 27.6 Å². The smallest absolute Gasteiger partial charge is 0.0556 e. The second-order valence-corrected chi connectivity index (χ2v) is 5.80. The molecule has 90 valence electrons. The topological polar surface area (TPSA) is 35.2 Å². The van der Waals surface area contributed by atoms with Crippen LogP contribution in [0.1, 0.15) is 12.5 Å². The minimum Gasteiger partial charge on any atom is -0.384 e. The van der Waals surface area contributed by atoms with Gasteiger partial charge in [-0.2, -0.15) is 0 Å². The third-order valence-corrected chi connectivity index (χ3v) is 3.82. The lowest BCUT2D eigenvalue weighted by atomic mass is 10.1. The predicted octanol–water partition coefficient (Wildman–Crippen LogP) is 3.08. The van der Waals surface area contributed by atoms with Crippen LogP contribution in [0.5, 0.6) is 0 Å². The lowest BCUT2D eigenvalue weighted by molar-refractivity contribution is 0.218. The third-order valence-electron chi connectivity index (χ3n) is 2.12. The fourth-order valence-electron chi connectivity index (χ4n) is 1.37. The fourth-order valence-corrected chi connectivity index (χ4v) is 2.92. The Labute approximate surface area is 110 Å². The van der Waals surface area contributed by atoms with Crippen molar-refractivity contribution in [3.8, 4) is 0 Å². The Morgan fingerprint density at radius 3 is 2.81 bits per heavy atom. The van der Waals surface area contributed by atoms with E-state index < -0.39 is 0 Å². The van der Waals surface area contributed by atoms with Gasteiger partial charge in [-0.25, -0.2) is 0 Å². The summed E-state index contributed by atoms with van der Waals surface area (Å²) in [5, 5.41) is 0. The SMILES string of the molecule is COCCSc1ccc(CC(C)N)c(Br)c1. The van der Waals surface area contributed by atoms with Gasteiger partial charge in [-0.1, -0.05) is 22.0 Å². The Morgan fingerprint density at radius 1 is 1.50 bits per heavy atom. The maximum atomic E-state index is 5.79. The highest BCUT2D eigenvalue weighted by molar-refractivity contribution is 9.10. The van der Waals surface area contributed by atoms with Crippen LogP contribution < -0.4 is 5.73 Å². The molecular formula is C12H18BrNOS. The van der Waals surface area contributed by atoms with Gasteiger partial charge >= 0.3 is 0 Å². The maximum absolute atomic E-state index is 5.79. The number of hydrogen-bond acceptors (Lipinski definition) is 3. The van der Waals surface area contributed by atoms with Crippen LogP contribution in [0.4, 0.5) is 0 Å². The molecule has 0 aliphatic heterocycles. The first-order chi connectivity index (χ1) is 7.63. The molecule has 0 amide bonds. The van der Waals surface area contributed by atoms with E-state index in [2.05, 4.69) is 34.1 Å². The molecule has 0 saturated carbocycles. The van der Waals surface area contributed by atoms with Crippen molar-refractivity contribution < 1.29 is 4.74 Å². The van der Waals surface area contributed by atoms with Gasteiger partial charge in [0.15, 0.2) is 0 Å². The molecule has 1 unspecified atom stereocenters. The summed E-state index contributed by atoms with van der Waals surface area (Å²) in [4.78, 5) is 1.26. The highest BCUT2D eigenvalue weighted by atomic mass is 79.9. The summed E-state index contributed by atoms with van der Waals surface area (Å²) in [5.74, 6) is 0.982. The summed E-state index contributed by atoms with van der Waals surface area (Å²) in [5.41, 5.74) is 7.06. The predicted molar refractivity (Wildman–Crippen MR) is 74.1 cm³/mol. The molecule has 4 heteroatoms. The third kappa shape index (κ3) is 4.87. The molecule has 0 aliphatic rings. The van der Waals surface area contributed by atoms with Gasteiger partial charge in [0.25, 0.3) is 0 Å². The molecule has 0 bridgehead atoms. The minimum absolute atomic E-state index is 0.197. The summed E-state index contributed by atoms with van der Waals surface area (Å²) in [6.45, 7) is 2.80. The van der Waals surface area contributed by atoms with E-state index in [1.54, 1.807) is 18.9 Å². The van der Waals surface area contributed by atoms with Gasteiger partial charge in [0.05, 0.1) is 6.61 Å². The number of rotatable bonds is 6. The Kier molecular flexibility index (Phi) is 6.43. The van der Waals surface area contributed by atoms with Crippen LogP contribution in [0.2, 0.25) is 0 Å². The maximum Gasteiger partial charge on any atom is 0.0556 e. The van der Waals surface area contributed by atoms with Crippen molar-refractivity contribution in [1.82, 2.24) is 0 Å². The van der Waals surface area contributed by atoms with E-state index in [4.69, 9.17) is 10.5 Å². The molecule has 1 aromatic carbocycles. The van der Waals surface area contributed by atoms with Gasteiger partial charge in [0.1, 0.15) is 0 Å². The molecule has 1 aromatic rings. The first-order valence-electron chi connectivity index (χ1n) is 5.29. The zero-order chi connectivity index (χ0) is 12.0. The summed E-state index contributed by atoms with van der Waals surface area (Å²) in [7, 11) is 1.72. The van der Waals surface area contributed by atoms with E-state index in [0.29, 0.717) is 0 Å². The summed E-state index contributed by atoms with van der Waals surface area (Å²) in [6.07, 6.45) is 0.906. The van der Waals surface area contributed by atoms with Gasteiger partial charge in [-0.05, 0) is 31.0 Å². The van der Waals surface area contributed by atoms with E-state index >= 15 is 0 Å². The summed E-state index contributed by atoms with van der Waals surface area (Å²) in [6, 6.07) is 6.63. The van der Waals surface area contributed by atoms with E-state index in [-0.39, 0.29) is 6.04 Å². The number of halogens is 1. The van der Waals surface area contributed by atoms with E-state index in [1.165, 1.54) is 10.5 Å². The molecule has 0 fully saturated rings. The second-order valence-electron chi connectivity index (χ2n) is 3.78. The van der Waals surface area contributed by atoms with Gasteiger partial charge in [-0.15, -0.1) is 11.8 Å². The molecule has 2 N–H and O–H groups in total. The Bertz CT molecular complexity index is 331. The quantitative estimate of drug-likeness (QED) is 0.648. The van der Waals surface area contributed by atoms with Crippen molar-refractivity contribution in [2.75, 3.05) is 19.5 Å². The molecule has 0 radical (unpaired) electrons. The molecule has 0 heterocycles. The summed E-state index contributed by atoms with van der Waals surface area (Å²) >= 11 is 5.38. The van der Waals surface area contributed by atoms with Crippen molar-refractivity contribution in [1.29, 1.82) is 0 Å². The molecule has 0 spiro atoms. The zero-order valence-corrected chi connectivity index (χ0v) is 12.1. The van der Waals surface area contributed by atoms with Crippen molar-refractivity contribution in [2.24, 2.45) is 5.73 Å². The van der Waals surface area contributed by atoms with E-state index in [0.717, 1.165) is 23.3 Å². The van der Waals surface area contributed by atoms with Crippen LogP contribution in [0.25, 0.3) is 0 Å². The number of nitrogens with two attached hydrogens (primary N) is 1. The zero-order valence-electron chi connectivity index (χ0n) is 9.70. The van der Waals surface area contributed by atoms with Crippen LogP contribution in [0.3, 0.4) is 0 Å². The number of ether oxygens (including phenoxy) is 1. The minimum atomic E-state index is 0.197. The normalized spacial score (nSPS) is 12.8. The van der Waals surface area contributed by atoms with Gasteiger partial charge < -0.3 is 10.5 Å². The largest absolute Gasteiger partial charge is 0.384 e. The fraction of sp³-hybridized carbons (Fsp3) is 0.500. The molecule has 2 nitrogen and oxygen atoms in total. The molecule has 0 aliphatic carbocycles. The van der Waals surface area contributed by atoms with E-state index in [1.807, 2.05) is 6.92 Å². The molecule has 1 rings (SSSR count). The van der Waals surface area contributed by atoms with Gasteiger partial charge in [-0.3, -0.25) is 0 Å². The lowest BCUT2D eigenvalue weighted by Crippen LogP contribution is -2.17. The Morgan fingerprint density at radius 2 is 2.25 bits per heavy atom. The number of methoxy groups -OCH3 is 1. The van der Waals surface area contributed by atoms with Crippen molar-refractivity contribution in [2.45, 2.75) is 24.3 Å². The van der Waals surface area contributed by atoms with Crippen LogP contribution in [-0.2, 0) is 11.2 Å². The monoisotopic (exact) mass is 303 g/mol. The molecule has 16 heavy (non-hydrogen) atoms. The highest BCUT2D eigenvalue weighted by Crippen LogP contribution is 2.25. The number of thioether (sulfide) groups is 1. The molecule has 1 atom stereocenters. The number of benzene rings is 1. The standard InChI is InChI=1S/C12H18BrNOS/c1-9(14)7-10-3-4-11(8-12(10)13)16-6-5-15-2/h3-4,8-9H,5-7,14H2,1-2H3. The van der Waals surface area contributed by atoms with Crippen molar-refractivity contribution in [3.63, 3.8) is 0 Å². The van der Waals surface area contributed by atoms with Crippen molar-refractivity contribution >= 4 is 27.7 Å². The average Bonchev–Trinajstić information content (AvgIpc) is 2.22. The average molecular weight is 304 g/mol. The molecular weight excluding hydrogens is 286 g/mol. The number of hydrogen-bond donors (Lipinski definition) is 1. The van der Waals surface area contributed by atoms with Gasteiger partial charge in [0.2, 0.25) is 0 Å². The Hall–Kier alpha value is -0.0300. The second kappa shape index (κ2) is 7.33. The molecule has 0 aromatic heterocycles. The van der Waals surface area contributed by atoms with Crippen LogP contribution in [0, 0.1) is 0 Å². The van der Waals surface area contributed by atoms with Crippen molar-refractivity contribution in [3.05, 3.63) is 28.2 Å². The van der Waals surface area contributed by atoms with Crippen LogP contribution >= 0.6 is 27.7 Å². The molecule has 0 saturated heterocycles. The van der Waals surface area contributed by atoms with Crippen LogP contribution in [-0.4, -0.2) is 25.5 Å². The van der Waals surface area contributed by atoms with E-state index in [9.17, 15) is 0 Å². The first kappa shape index (κ1) is 14.0. The van der Waals surface area contributed by atoms with Gasteiger partial charge in [0, 0.05) is 28.3 Å². The first-order valence-corrected chi connectivity index (χ1v) is 7.07. The highest BCUT2D eigenvalue weighted by Gasteiger charge is 2.04. The summed E-state index contributed by atoms with van der Waals surface area (Å²) < 4.78 is 6.17.